The third-order valence-corrected chi connectivity index (χ3v) is 4.83. The van der Waals surface area contributed by atoms with Crippen LogP contribution in [0, 0.1) is 20.8 Å². The number of carbonyl (C=O) groups excluding carboxylic acids is 1. The highest BCUT2D eigenvalue weighted by molar-refractivity contribution is 7.89. The molecule has 6 heteroatoms. The topological polar surface area (TPSA) is 72.5 Å². The summed E-state index contributed by atoms with van der Waals surface area (Å²) in [6.07, 6.45) is 0.204. The summed E-state index contributed by atoms with van der Waals surface area (Å²) in [6.45, 7) is 9.11. The minimum atomic E-state index is -3.61. The number of carbonyl (C=O) groups is 1. The lowest BCUT2D eigenvalue weighted by atomic mass is 10.1. The zero-order valence-corrected chi connectivity index (χ0v) is 13.6. The molecule has 0 aliphatic heterocycles. The van der Waals surface area contributed by atoms with Crippen LogP contribution in [-0.2, 0) is 19.6 Å². The Morgan fingerprint density at radius 1 is 1.24 bits per heavy atom. The number of hydrogen-bond acceptors (Lipinski definition) is 4. The van der Waals surface area contributed by atoms with Crippen LogP contribution in [0.1, 0.15) is 23.1 Å². The summed E-state index contributed by atoms with van der Waals surface area (Å²) in [4.78, 5) is 11.5. The number of ether oxygens (including phenoxy) is 1. The number of methoxy groups -OCH3 is 1. The Morgan fingerprint density at radius 2 is 1.76 bits per heavy atom. The Morgan fingerprint density at radius 3 is 2.24 bits per heavy atom. The van der Waals surface area contributed by atoms with Gasteiger partial charge >= 0.3 is 5.97 Å². The molecular weight excluding hydrogens is 290 g/mol. The van der Waals surface area contributed by atoms with Crippen molar-refractivity contribution in [3.8, 4) is 0 Å². The predicted octanol–water partition coefficient (Wildman–Crippen LogP) is 2.01. The SMILES string of the molecule is C=C(CCNS(=O)(=O)c1c(C)cc(C)cc1C)C(=O)OC. The summed E-state index contributed by atoms with van der Waals surface area (Å²) in [7, 11) is -2.35. The summed E-state index contributed by atoms with van der Waals surface area (Å²) in [5.41, 5.74) is 2.65. The molecule has 0 heterocycles. The van der Waals surface area contributed by atoms with Gasteiger partial charge in [0.25, 0.3) is 0 Å². The summed E-state index contributed by atoms with van der Waals surface area (Å²) >= 11 is 0. The van der Waals surface area contributed by atoms with Crippen LogP contribution >= 0.6 is 0 Å². The van der Waals surface area contributed by atoms with Gasteiger partial charge in [-0.1, -0.05) is 24.3 Å². The van der Waals surface area contributed by atoms with E-state index in [1.54, 1.807) is 13.8 Å². The van der Waals surface area contributed by atoms with Crippen LogP contribution < -0.4 is 4.72 Å². The highest BCUT2D eigenvalue weighted by Gasteiger charge is 2.19. The molecule has 0 amide bonds. The Balaban J connectivity index is 2.84. The molecule has 0 unspecified atom stereocenters. The van der Waals surface area contributed by atoms with Crippen LogP contribution in [0.5, 0.6) is 0 Å². The Hall–Kier alpha value is -1.66. The summed E-state index contributed by atoms with van der Waals surface area (Å²) in [6, 6.07) is 3.66. The molecule has 5 nitrogen and oxygen atoms in total. The van der Waals surface area contributed by atoms with Crippen molar-refractivity contribution in [1.82, 2.24) is 4.72 Å². The van der Waals surface area contributed by atoms with Crippen molar-refractivity contribution < 1.29 is 17.9 Å². The second kappa shape index (κ2) is 6.87. The van der Waals surface area contributed by atoms with Gasteiger partial charge < -0.3 is 4.74 Å². The summed E-state index contributed by atoms with van der Waals surface area (Å²) < 4.78 is 31.7. The van der Waals surface area contributed by atoms with Gasteiger partial charge in [-0.05, 0) is 38.3 Å². The van der Waals surface area contributed by atoms with Crippen molar-refractivity contribution in [2.24, 2.45) is 0 Å². The highest BCUT2D eigenvalue weighted by atomic mass is 32.2. The molecule has 0 atom stereocenters. The molecule has 0 radical (unpaired) electrons. The van der Waals surface area contributed by atoms with Crippen molar-refractivity contribution in [1.29, 1.82) is 0 Å². The van der Waals surface area contributed by atoms with Crippen LogP contribution in [0.15, 0.2) is 29.2 Å². The molecule has 1 N–H and O–H groups in total. The molecule has 0 spiro atoms. The molecule has 0 saturated carbocycles. The van der Waals surface area contributed by atoms with Crippen molar-refractivity contribution in [2.75, 3.05) is 13.7 Å². The molecule has 1 aromatic carbocycles. The monoisotopic (exact) mass is 311 g/mol. The molecule has 21 heavy (non-hydrogen) atoms. The van der Waals surface area contributed by atoms with Gasteiger partial charge in [0.05, 0.1) is 12.0 Å². The second-order valence-corrected chi connectivity index (χ2v) is 6.67. The molecule has 0 saturated heterocycles. The molecule has 116 valence electrons. The van der Waals surface area contributed by atoms with Gasteiger partial charge in [-0.15, -0.1) is 0 Å². The van der Waals surface area contributed by atoms with Crippen molar-refractivity contribution in [3.05, 3.63) is 41.0 Å². The van der Waals surface area contributed by atoms with E-state index in [0.717, 1.165) is 5.56 Å². The largest absolute Gasteiger partial charge is 0.466 e. The fraction of sp³-hybridized carbons (Fsp3) is 0.400. The van der Waals surface area contributed by atoms with E-state index in [1.807, 2.05) is 19.1 Å². The van der Waals surface area contributed by atoms with Gasteiger partial charge in [0, 0.05) is 12.1 Å². The highest BCUT2D eigenvalue weighted by Crippen LogP contribution is 2.21. The van der Waals surface area contributed by atoms with E-state index in [9.17, 15) is 13.2 Å². The van der Waals surface area contributed by atoms with E-state index in [2.05, 4.69) is 16.0 Å². The van der Waals surface area contributed by atoms with E-state index < -0.39 is 16.0 Å². The van der Waals surface area contributed by atoms with Crippen LogP contribution in [0.2, 0.25) is 0 Å². The second-order valence-electron chi connectivity index (χ2n) is 4.97. The smallest absolute Gasteiger partial charge is 0.333 e. The van der Waals surface area contributed by atoms with E-state index in [4.69, 9.17) is 0 Å². The zero-order valence-electron chi connectivity index (χ0n) is 12.8. The van der Waals surface area contributed by atoms with E-state index in [1.165, 1.54) is 7.11 Å². The van der Waals surface area contributed by atoms with Crippen LogP contribution in [0.25, 0.3) is 0 Å². The van der Waals surface area contributed by atoms with Crippen LogP contribution in [0.3, 0.4) is 0 Å². The van der Waals surface area contributed by atoms with Crippen molar-refractivity contribution >= 4 is 16.0 Å². The Kier molecular flexibility index (Phi) is 5.69. The fourth-order valence-electron chi connectivity index (χ4n) is 2.25. The minimum Gasteiger partial charge on any atom is -0.466 e. The van der Waals surface area contributed by atoms with E-state index >= 15 is 0 Å². The summed E-state index contributed by atoms with van der Waals surface area (Å²) in [5, 5.41) is 0. The third-order valence-electron chi connectivity index (χ3n) is 3.07. The van der Waals surface area contributed by atoms with E-state index in [0.29, 0.717) is 11.1 Å². The standard InChI is InChI=1S/C15H21NO4S/c1-10-8-12(3)14(13(4)9-10)21(18,19)16-7-6-11(2)15(17)20-5/h8-9,16H,2,6-7H2,1,3-5H3. The predicted molar refractivity (Wildman–Crippen MR) is 81.6 cm³/mol. The fourth-order valence-corrected chi connectivity index (χ4v) is 3.73. The maximum absolute atomic E-state index is 12.3. The number of sulfonamides is 1. The number of esters is 1. The number of benzene rings is 1. The lowest BCUT2D eigenvalue weighted by molar-refractivity contribution is -0.136. The van der Waals surface area contributed by atoms with Gasteiger partial charge in [-0.25, -0.2) is 17.9 Å². The average Bonchev–Trinajstić information content (AvgIpc) is 2.35. The molecular formula is C15H21NO4S. The minimum absolute atomic E-state index is 0.100. The first-order valence-corrected chi connectivity index (χ1v) is 8.01. The van der Waals surface area contributed by atoms with Gasteiger partial charge in [-0.3, -0.25) is 0 Å². The average molecular weight is 311 g/mol. The first kappa shape index (κ1) is 17.4. The molecule has 0 aromatic heterocycles. The summed E-state index contributed by atoms with van der Waals surface area (Å²) in [5.74, 6) is -0.531. The van der Waals surface area contributed by atoms with Gasteiger partial charge in [0.15, 0.2) is 0 Å². The van der Waals surface area contributed by atoms with E-state index in [-0.39, 0.29) is 23.4 Å². The quantitative estimate of drug-likeness (QED) is 0.644. The Bertz CT molecular complexity index is 639. The first-order valence-electron chi connectivity index (χ1n) is 6.52. The van der Waals surface area contributed by atoms with Gasteiger partial charge in [-0.2, -0.15) is 0 Å². The molecule has 0 aliphatic rings. The Labute approximate surface area is 126 Å². The molecule has 1 aromatic rings. The van der Waals surface area contributed by atoms with Gasteiger partial charge in [0.2, 0.25) is 10.0 Å². The number of hydrogen-bond donors (Lipinski definition) is 1. The molecule has 0 bridgehead atoms. The number of rotatable bonds is 6. The lowest BCUT2D eigenvalue weighted by Gasteiger charge is -2.13. The third kappa shape index (κ3) is 4.41. The molecule has 0 fully saturated rings. The lowest BCUT2D eigenvalue weighted by Crippen LogP contribution is -2.27. The van der Waals surface area contributed by atoms with Crippen LogP contribution in [-0.4, -0.2) is 28.0 Å². The molecule has 1 rings (SSSR count). The number of aryl methyl sites for hydroxylation is 3. The maximum Gasteiger partial charge on any atom is 0.333 e. The van der Waals surface area contributed by atoms with Crippen LogP contribution in [0.4, 0.5) is 0 Å². The van der Waals surface area contributed by atoms with Crippen molar-refractivity contribution in [2.45, 2.75) is 32.1 Å². The molecule has 0 aliphatic carbocycles. The maximum atomic E-state index is 12.3. The van der Waals surface area contributed by atoms with Crippen molar-refractivity contribution in [3.63, 3.8) is 0 Å². The van der Waals surface area contributed by atoms with Gasteiger partial charge in [0.1, 0.15) is 0 Å². The normalized spacial score (nSPS) is 11.2. The number of nitrogens with one attached hydrogen (secondary N) is 1. The first-order chi connectivity index (χ1) is 9.69. The zero-order chi connectivity index (χ0) is 16.2.